The minimum absolute atomic E-state index is 0.00387. The average Bonchev–Trinajstić information content (AvgIpc) is 2.43. The molecule has 0 aromatic carbocycles. The first kappa shape index (κ1) is 11.9. The quantitative estimate of drug-likeness (QED) is 0.400. The van der Waals surface area contributed by atoms with Crippen LogP contribution < -0.4 is 0 Å². The summed E-state index contributed by atoms with van der Waals surface area (Å²) in [6.45, 7) is 0. The van der Waals surface area contributed by atoms with Crippen molar-refractivity contribution in [3.05, 3.63) is 5.82 Å². The van der Waals surface area contributed by atoms with Gasteiger partial charge in [-0.25, -0.2) is 4.68 Å². The van der Waals surface area contributed by atoms with Gasteiger partial charge in [0.15, 0.2) is 0 Å². The van der Waals surface area contributed by atoms with Gasteiger partial charge in [0.1, 0.15) is 37.2 Å². The lowest BCUT2D eigenvalue weighted by molar-refractivity contribution is 0.463. The molecule has 2 heterocycles. The summed E-state index contributed by atoms with van der Waals surface area (Å²) in [5.74, 6) is 1.02. The second-order valence-electron chi connectivity index (χ2n) is 7.13. The second kappa shape index (κ2) is 3.23. The molecular formula is C6H16B6N4. The summed E-state index contributed by atoms with van der Waals surface area (Å²) in [7, 11) is 13.6. The number of tetrazole rings is 1. The zero-order valence-corrected chi connectivity index (χ0v) is 11.2. The molecule has 0 N–H and O–H groups in total. The van der Waals surface area contributed by atoms with Crippen molar-refractivity contribution in [1.82, 2.24) is 20.2 Å². The van der Waals surface area contributed by atoms with Gasteiger partial charge in [0.25, 0.3) is 0 Å². The third-order valence-electron chi connectivity index (χ3n) is 3.48. The van der Waals surface area contributed by atoms with Crippen molar-refractivity contribution in [2.24, 2.45) is 0 Å². The Morgan fingerprint density at radius 1 is 1.00 bits per heavy atom. The molecule has 16 heavy (non-hydrogen) atoms. The highest BCUT2D eigenvalue weighted by Crippen LogP contribution is 2.43. The summed E-state index contributed by atoms with van der Waals surface area (Å²) in [6.07, 6.45) is 2.21. The lowest BCUT2D eigenvalue weighted by Crippen LogP contribution is -2.39. The van der Waals surface area contributed by atoms with E-state index in [1.807, 2.05) is 4.68 Å². The number of nitrogens with zero attached hydrogens (tertiary/aromatic N) is 4. The van der Waals surface area contributed by atoms with E-state index in [9.17, 15) is 0 Å². The molecule has 4 nitrogen and oxygen atoms in total. The van der Waals surface area contributed by atoms with Gasteiger partial charge < -0.3 is 0 Å². The molecule has 0 atom stereocenters. The molecule has 2 rings (SSSR count). The predicted molar refractivity (Wildman–Crippen MR) is 80.7 cm³/mol. The molecule has 1 aromatic rings. The van der Waals surface area contributed by atoms with Crippen molar-refractivity contribution in [2.45, 2.75) is 28.6 Å². The Kier molecular flexibility index (Phi) is 2.41. The summed E-state index contributed by atoms with van der Waals surface area (Å²) >= 11 is 0. The van der Waals surface area contributed by atoms with Gasteiger partial charge in [-0.05, 0) is 15.6 Å². The van der Waals surface area contributed by atoms with Gasteiger partial charge >= 0.3 is 0 Å². The molecule has 1 aliphatic rings. The number of fused-ring (bicyclic) bond motifs is 1. The van der Waals surface area contributed by atoms with Crippen molar-refractivity contribution in [3.8, 4) is 0 Å². The lowest BCUT2D eigenvalue weighted by atomic mass is 9.38. The largest absolute Gasteiger partial charge is 0.241 e. The van der Waals surface area contributed by atoms with Crippen molar-refractivity contribution in [2.75, 3.05) is 0 Å². The van der Waals surface area contributed by atoms with E-state index in [1.165, 1.54) is 0 Å². The van der Waals surface area contributed by atoms with E-state index >= 15 is 0 Å². The third-order valence-corrected chi connectivity index (χ3v) is 3.48. The first-order valence-corrected chi connectivity index (χ1v) is 5.94. The van der Waals surface area contributed by atoms with Crippen LogP contribution in [0.3, 0.4) is 0 Å². The molecule has 0 saturated carbocycles. The maximum Gasteiger partial charge on any atom is 0.140 e. The minimum atomic E-state index is -0.00387. The fourth-order valence-corrected chi connectivity index (χ4v) is 3.60. The zero-order valence-electron chi connectivity index (χ0n) is 11.2. The molecule has 0 spiro atoms. The smallest absolute Gasteiger partial charge is 0.140 e. The van der Waals surface area contributed by atoms with Crippen LogP contribution in [0.25, 0.3) is 0 Å². The summed E-state index contributed by atoms with van der Waals surface area (Å²) < 4.78 is 2.02. The highest BCUT2D eigenvalue weighted by Gasteiger charge is 2.43. The van der Waals surface area contributed by atoms with Crippen LogP contribution in [0.2, 0.25) is 5.21 Å². The number of hydrogen-bond acceptors (Lipinski definition) is 3. The Morgan fingerprint density at radius 3 is 2.25 bits per heavy atom. The predicted octanol–water partition coefficient (Wildman–Crippen LogP) is -5.86. The van der Waals surface area contributed by atoms with Gasteiger partial charge in [-0.15, -0.1) is 5.10 Å². The molecule has 0 aliphatic carbocycles. The molecule has 1 aromatic heterocycles. The lowest BCUT2D eigenvalue weighted by Gasteiger charge is -2.34. The van der Waals surface area contributed by atoms with E-state index in [0.29, 0.717) is 5.21 Å². The highest BCUT2D eigenvalue weighted by molar-refractivity contribution is 6.46. The van der Waals surface area contributed by atoms with Crippen molar-refractivity contribution >= 4 is 47.1 Å². The van der Waals surface area contributed by atoms with Crippen LogP contribution in [-0.4, -0.2) is 67.3 Å². The van der Waals surface area contributed by atoms with Gasteiger partial charge in [-0.2, -0.15) is 0 Å². The molecule has 78 valence electrons. The monoisotopic (exact) mass is 210 g/mol. The van der Waals surface area contributed by atoms with Crippen molar-refractivity contribution in [3.63, 3.8) is 0 Å². The van der Waals surface area contributed by atoms with E-state index in [0.717, 1.165) is 18.7 Å². The van der Waals surface area contributed by atoms with Gasteiger partial charge in [-0.3, -0.25) is 0 Å². The summed E-state index contributed by atoms with van der Waals surface area (Å²) in [4.78, 5) is 0. The van der Waals surface area contributed by atoms with E-state index in [-0.39, 0.29) is 10.6 Å². The molecule has 0 bridgehead atoms. The minimum Gasteiger partial charge on any atom is -0.241 e. The van der Waals surface area contributed by atoms with Crippen LogP contribution in [0, 0.1) is 0 Å². The number of rotatable bonds is 0. The first-order chi connectivity index (χ1) is 7.14. The van der Waals surface area contributed by atoms with Crippen LogP contribution >= 0.6 is 0 Å². The highest BCUT2D eigenvalue weighted by atomic mass is 15.6. The Labute approximate surface area is 102 Å². The topological polar surface area (TPSA) is 43.6 Å². The third kappa shape index (κ3) is 1.87. The molecular weight excluding hydrogens is 193 g/mol. The zero-order chi connectivity index (χ0) is 12.2. The fraction of sp³-hybridized carbons (Fsp3) is 0.833. The van der Waals surface area contributed by atoms with E-state index in [4.69, 9.17) is 0 Å². The summed E-state index contributed by atoms with van der Waals surface area (Å²) in [5.41, 5.74) is 0. The standard InChI is InChI=1S/C6H16B6N4/c7-4(8)1-5(9,10)3-13-14-15-16(3)6(11,12)2-4/h1-2,7-12H2. The maximum atomic E-state index is 4.23. The number of aromatic nitrogens is 4. The second-order valence-corrected chi connectivity index (χ2v) is 7.13. The molecule has 0 radical (unpaired) electrons. The van der Waals surface area contributed by atoms with E-state index < -0.39 is 0 Å². The molecule has 10 heteroatoms. The first-order valence-electron chi connectivity index (χ1n) is 5.94. The van der Waals surface area contributed by atoms with Crippen LogP contribution in [0.1, 0.15) is 18.7 Å². The SMILES string of the molecule is BC1(B)CC(B)(B)c2nnnn2C(B)(B)C1. The molecule has 0 amide bonds. The molecule has 0 fully saturated rings. The van der Waals surface area contributed by atoms with E-state index in [1.54, 1.807) is 0 Å². The van der Waals surface area contributed by atoms with Crippen LogP contribution in [0.15, 0.2) is 0 Å². The van der Waals surface area contributed by atoms with Crippen molar-refractivity contribution in [1.29, 1.82) is 0 Å². The Morgan fingerprint density at radius 2 is 1.62 bits per heavy atom. The molecule has 0 saturated heterocycles. The van der Waals surface area contributed by atoms with Crippen LogP contribution in [0.4, 0.5) is 0 Å². The van der Waals surface area contributed by atoms with Gasteiger partial charge in [-0.1, -0.05) is 18.1 Å². The van der Waals surface area contributed by atoms with Crippen LogP contribution in [-0.2, 0) is 10.6 Å². The summed E-state index contributed by atoms with van der Waals surface area (Å²) in [6, 6.07) is 0. The van der Waals surface area contributed by atoms with Crippen molar-refractivity contribution < 1.29 is 0 Å². The fourth-order valence-electron chi connectivity index (χ4n) is 3.60. The summed E-state index contributed by atoms with van der Waals surface area (Å²) in [5, 5.41) is 12.6. The van der Waals surface area contributed by atoms with Crippen LogP contribution in [0.5, 0.6) is 0 Å². The normalized spacial score (nSPS) is 25.5. The maximum absolute atomic E-state index is 4.23. The average molecular weight is 209 g/mol. The van der Waals surface area contributed by atoms with Gasteiger partial charge in [0, 0.05) is 5.34 Å². The number of hydrogen-bond donors (Lipinski definition) is 0. The van der Waals surface area contributed by atoms with Gasteiger partial charge in [0.05, 0.1) is 15.7 Å². The molecule has 1 aliphatic heterocycles. The Hall–Kier alpha value is -0.540. The van der Waals surface area contributed by atoms with E-state index in [2.05, 4.69) is 62.6 Å². The Bertz CT molecular complexity index is 378. The van der Waals surface area contributed by atoms with Gasteiger partial charge in [0.2, 0.25) is 0 Å². The molecule has 0 unspecified atom stereocenters. The Balaban J connectivity index is 2.59.